The normalized spacial score (nSPS) is 13.8. The van der Waals surface area contributed by atoms with Crippen LogP contribution < -0.4 is 16.0 Å². The third-order valence-corrected chi connectivity index (χ3v) is 8.06. The molecule has 0 unspecified atom stereocenters. The Morgan fingerprint density at radius 1 is 1.00 bits per heavy atom. The van der Waals surface area contributed by atoms with Crippen molar-refractivity contribution in [1.82, 2.24) is 15.3 Å². The summed E-state index contributed by atoms with van der Waals surface area (Å²) in [5.74, 6) is 1.06. The molecule has 1 aliphatic carbocycles. The Morgan fingerprint density at radius 2 is 1.82 bits per heavy atom. The van der Waals surface area contributed by atoms with Crippen LogP contribution >= 0.6 is 11.3 Å². The molecule has 8 heteroatoms. The first kappa shape index (κ1) is 25.9. The number of rotatable bonds is 9. The molecule has 0 saturated heterocycles. The van der Waals surface area contributed by atoms with Crippen LogP contribution in [0.4, 0.5) is 11.5 Å². The predicted molar refractivity (Wildman–Crippen MR) is 155 cm³/mol. The van der Waals surface area contributed by atoms with Crippen LogP contribution in [0.15, 0.2) is 60.8 Å². The Balaban J connectivity index is 1.23. The summed E-state index contributed by atoms with van der Waals surface area (Å²) in [6.45, 7) is 3.35. The van der Waals surface area contributed by atoms with Gasteiger partial charge in [-0.05, 0) is 55.7 Å². The molecular formula is C30H33N5O2S. The fourth-order valence-corrected chi connectivity index (χ4v) is 5.86. The number of carbonyl (C=O) groups excluding carboxylic acids is 2. The zero-order valence-electron chi connectivity index (χ0n) is 21.6. The molecule has 38 heavy (non-hydrogen) atoms. The summed E-state index contributed by atoms with van der Waals surface area (Å²) < 4.78 is 0. The summed E-state index contributed by atoms with van der Waals surface area (Å²) in [6, 6.07) is 16.9. The lowest BCUT2D eigenvalue weighted by Crippen LogP contribution is -2.27. The molecule has 1 saturated carbocycles. The van der Waals surface area contributed by atoms with E-state index in [-0.39, 0.29) is 11.8 Å². The van der Waals surface area contributed by atoms with Crippen LogP contribution in [0.25, 0.3) is 21.5 Å². The second kappa shape index (κ2) is 12.2. The van der Waals surface area contributed by atoms with Gasteiger partial charge in [0.15, 0.2) is 0 Å². The van der Waals surface area contributed by atoms with E-state index in [1.807, 2.05) is 61.5 Å². The topological polar surface area (TPSA) is 96.0 Å². The van der Waals surface area contributed by atoms with Crippen LogP contribution in [0.1, 0.15) is 65.5 Å². The number of hydrogen-bond acceptors (Lipinski definition) is 6. The van der Waals surface area contributed by atoms with Crippen molar-refractivity contribution < 1.29 is 9.59 Å². The highest BCUT2D eigenvalue weighted by molar-refractivity contribution is 7.20. The van der Waals surface area contributed by atoms with Crippen LogP contribution in [-0.2, 0) is 0 Å². The minimum atomic E-state index is -0.160. The van der Waals surface area contributed by atoms with Crippen molar-refractivity contribution >= 4 is 44.9 Å². The van der Waals surface area contributed by atoms with Crippen LogP contribution in [0, 0.1) is 5.92 Å². The van der Waals surface area contributed by atoms with Gasteiger partial charge in [-0.3, -0.25) is 9.59 Å². The SMILES string of the molecule is CCNc1nc(-c2ccc(NC(=O)c3cc4cccnc4s3)cc2)ccc1C(=O)NCCC1CCCCC1. The van der Waals surface area contributed by atoms with Gasteiger partial charge in [-0.15, -0.1) is 11.3 Å². The average Bonchev–Trinajstić information content (AvgIpc) is 3.39. The lowest BCUT2D eigenvalue weighted by Gasteiger charge is -2.21. The first-order chi connectivity index (χ1) is 18.6. The molecule has 4 aromatic rings. The molecule has 3 aromatic heterocycles. The zero-order valence-corrected chi connectivity index (χ0v) is 22.4. The van der Waals surface area contributed by atoms with Crippen molar-refractivity contribution in [2.24, 2.45) is 5.92 Å². The molecule has 7 nitrogen and oxygen atoms in total. The van der Waals surface area contributed by atoms with E-state index in [2.05, 4.69) is 20.9 Å². The quantitative estimate of drug-likeness (QED) is 0.224. The van der Waals surface area contributed by atoms with Gasteiger partial charge in [-0.1, -0.05) is 50.3 Å². The number of amides is 2. The summed E-state index contributed by atoms with van der Waals surface area (Å²) in [5.41, 5.74) is 2.91. The number of aromatic nitrogens is 2. The molecule has 0 bridgehead atoms. The number of hydrogen-bond donors (Lipinski definition) is 3. The van der Waals surface area contributed by atoms with E-state index in [1.54, 1.807) is 6.20 Å². The second-order valence-corrected chi connectivity index (χ2v) is 10.7. The molecule has 2 amide bonds. The molecule has 0 spiro atoms. The summed E-state index contributed by atoms with van der Waals surface area (Å²) >= 11 is 1.37. The molecule has 1 aliphatic rings. The maximum atomic E-state index is 12.9. The molecule has 3 N–H and O–H groups in total. The molecule has 1 aromatic carbocycles. The molecule has 0 radical (unpaired) electrons. The maximum Gasteiger partial charge on any atom is 0.265 e. The van der Waals surface area contributed by atoms with E-state index in [4.69, 9.17) is 4.98 Å². The van der Waals surface area contributed by atoms with Crippen LogP contribution in [-0.4, -0.2) is 34.9 Å². The lowest BCUT2D eigenvalue weighted by atomic mass is 9.87. The van der Waals surface area contributed by atoms with Gasteiger partial charge < -0.3 is 16.0 Å². The van der Waals surface area contributed by atoms with E-state index in [0.717, 1.165) is 33.8 Å². The number of benzene rings is 1. The summed E-state index contributed by atoms with van der Waals surface area (Å²) in [6.07, 6.45) is 9.29. The minimum absolute atomic E-state index is 0.0923. The highest BCUT2D eigenvalue weighted by atomic mass is 32.1. The van der Waals surface area contributed by atoms with Crippen LogP contribution in [0.5, 0.6) is 0 Å². The van der Waals surface area contributed by atoms with Crippen molar-refractivity contribution in [3.63, 3.8) is 0 Å². The van der Waals surface area contributed by atoms with Gasteiger partial charge in [-0.2, -0.15) is 0 Å². The fourth-order valence-electron chi connectivity index (χ4n) is 4.97. The minimum Gasteiger partial charge on any atom is -0.370 e. The number of pyridine rings is 2. The molecule has 0 aliphatic heterocycles. The molecule has 0 atom stereocenters. The number of thiophene rings is 1. The van der Waals surface area contributed by atoms with Crippen molar-refractivity contribution in [3.05, 3.63) is 71.2 Å². The highest BCUT2D eigenvalue weighted by Crippen LogP contribution is 2.27. The first-order valence-electron chi connectivity index (χ1n) is 13.4. The monoisotopic (exact) mass is 527 g/mol. The van der Waals surface area contributed by atoms with Crippen molar-refractivity contribution in [1.29, 1.82) is 0 Å². The number of nitrogens with zero attached hydrogens (tertiary/aromatic N) is 2. The lowest BCUT2D eigenvalue weighted by molar-refractivity contribution is 0.0950. The van der Waals surface area contributed by atoms with Gasteiger partial charge in [-0.25, -0.2) is 9.97 Å². The fraction of sp³-hybridized carbons (Fsp3) is 0.333. The third-order valence-electron chi connectivity index (χ3n) is 7.00. The van der Waals surface area contributed by atoms with Crippen LogP contribution in [0.3, 0.4) is 0 Å². The van der Waals surface area contributed by atoms with Gasteiger partial charge in [0.2, 0.25) is 0 Å². The number of nitrogens with one attached hydrogen (secondary N) is 3. The molecule has 3 heterocycles. The van der Waals surface area contributed by atoms with E-state index < -0.39 is 0 Å². The number of carbonyl (C=O) groups is 2. The smallest absolute Gasteiger partial charge is 0.265 e. The summed E-state index contributed by atoms with van der Waals surface area (Å²) in [5, 5.41) is 10.2. The molecule has 5 rings (SSSR count). The van der Waals surface area contributed by atoms with E-state index in [1.165, 1.54) is 43.4 Å². The second-order valence-electron chi connectivity index (χ2n) is 9.71. The molecular weight excluding hydrogens is 494 g/mol. The number of anilines is 2. The van der Waals surface area contributed by atoms with Gasteiger partial charge in [0.05, 0.1) is 16.1 Å². The van der Waals surface area contributed by atoms with Gasteiger partial charge in [0.1, 0.15) is 10.6 Å². The Hall–Kier alpha value is -3.78. The zero-order chi connectivity index (χ0) is 26.3. The van der Waals surface area contributed by atoms with Gasteiger partial charge >= 0.3 is 0 Å². The first-order valence-corrected chi connectivity index (χ1v) is 14.2. The predicted octanol–water partition coefficient (Wildman–Crippen LogP) is 6.74. The summed E-state index contributed by atoms with van der Waals surface area (Å²) in [4.78, 5) is 36.2. The number of fused-ring (bicyclic) bond motifs is 1. The van der Waals surface area contributed by atoms with E-state index >= 15 is 0 Å². The van der Waals surface area contributed by atoms with Crippen LogP contribution in [0.2, 0.25) is 0 Å². The summed E-state index contributed by atoms with van der Waals surface area (Å²) in [7, 11) is 0. The van der Waals surface area contributed by atoms with Crippen molar-refractivity contribution in [2.75, 3.05) is 23.7 Å². The van der Waals surface area contributed by atoms with E-state index in [9.17, 15) is 9.59 Å². The Kier molecular flexibility index (Phi) is 8.28. The maximum absolute atomic E-state index is 12.9. The van der Waals surface area contributed by atoms with Crippen molar-refractivity contribution in [2.45, 2.75) is 45.4 Å². The Bertz CT molecular complexity index is 1380. The average molecular weight is 528 g/mol. The third kappa shape index (κ3) is 6.19. The van der Waals surface area contributed by atoms with Gasteiger partial charge in [0.25, 0.3) is 11.8 Å². The molecule has 1 fully saturated rings. The molecule has 196 valence electrons. The Labute approximate surface area is 227 Å². The standard InChI is InChI=1S/C30H33N5O2S/c1-2-31-27-24(28(36)32-18-16-20-7-4-3-5-8-20)14-15-25(35-27)21-10-12-23(13-11-21)34-29(37)26-19-22-9-6-17-33-30(22)38-26/h6,9-15,17,19-20H,2-5,7-8,16,18H2,1H3,(H,31,35)(H,32,36)(H,34,37). The van der Waals surface area contributed by atoms with E-state index in [0.29, 0.717) is 35.0 Å². The van der Waals surface area contributed by atoms with Gasteiger partial charge in [0, 0.05) is 35.9 Å². The highest BCUT2D eigenvalue weighted by Gasteiger charge is 2.17. The largest absolute Gasteiger partial charge is 0.370 e. The van der Waals surface area contributed by atoms with Crippen molar-refractivity contribution in [3.8, 4) is 11.3 Å². The Morgan fingerprint density at radius 3 is 2.58 bits per heavy atom.